The summed E-state index contributed by atoms with van der Waals surface area (Å²) in [6.45, 7) is 1.07. The predicted octanol–water partition coefficient (Wildman–Crippen LogP) is 3.99. The number of nitrogens with zero attached hydrogens (tertiary/aromatic N) is 2. The third-order valence-electron chi connectivity index (χ3n) is 4.93. The Morgan fingerprint density at radius 2 is 2.11 bits per heavy atom. The number of hydrogen-bond acceptors (Lipinski definition) is 5. The number of nitrogens with one attached hydrogen (secondary N) is 1. The van der Waals surface area contributed by atoms with Gasteiger partial charge in [-0.15, -0.1) is 0 Å². The van der Waals surface area contributed by atoms with Gasteiger partial charge in [0, 0.05) is 41.6 Å². The SMILES string of the molecule is O=C1c2ccccc2N[C@@H](c2cc([N+](=O)[O-])ccc2Cl)N1C[C@@H]1CCCO1. The third-order valence-corrected chi connectivity index (χ3v) is 5.28. The molecule has 2 aromatic rings. The number of rotatable bonds is 4. The summed E-state index contributed by atoms with van der Waals surface area (Å²) >= 11 is 6.36. The molecule has 2 aliphatic rings. The molecule has 4 rings (SSSR count). The van der Waals surface area contributed by atoms with Crippen LogP contribution < -0.4 is 5.32 Å². The topological polar surface area (TPSA) is 84.7 Å². The van der Waals surface area contributed by atoms with Gasteiger partial charge in [0.2, 0.25) is 0 Å². The van der Waals surface area contributed by atoms with E-state index in [2.05, 4.69) is 5.32 Å². The molecule has 0 aliphatic carbocycles. The molecule has 2 heterocycles. The lowest BCUT2D eigenvalue weighted by atomic mass is 10.0. The molecular formula is C19H18ClN3O4. The number of hydrogen-bond donors (Lipinski definition) is 1. The van der Waals surface area contributed by atoms with Gasteiger partial charge in [-0.25, -0.2) is 0 Å². The fraction of sp³-hybridized carbons (Fsp3) is 0.316. The van der Waals surface area contributed by atoms with E-state index in [0.717, 1.165) is 12.8 Å². The summed E-state index contributed by atoms with van der Waals surface area (Å²) in [7, 11) is 0. The molecule has 140 valence electrons. The van der Waals surface area contributed by atoms with Crippen molar-refractivity contribution in [1.82, 2.24) is 4.90 Å². The van der Waals surface area contributed by atoms with Crippen molar-refractivity contribution in [2.75, 3.05) is 18.5 Å². The van der Waals surface area contributed by atoms with Gasteiger partial charge in [0.25, 0.3) is 11.6 Å². The highest BCUT2D eigenvalue weighted by Crippen LogP contribution is 2.37. The van der Waals surface area contributed by atoms with E-state index in [0.29, 0.717) is 35.0 Å². The molecule has 2 atom stereocenters. The van der Waals surface area contributed by atoms with E-state index in [-0.39, 0.29) is 17.7 Å². The molecule has 0 bridgehead atoms. The highest BCUT2D eigenvalue weighted by Gasteiger charge is 2.36. The average Bonchev–Trinajstić information content (AvgIpc) is 3.17. The van der Waals surface area contributed by atoms with E-state index in [4.69, 9.17) is 16.3 Å². The molecule has 2 aliphatic heterocycles. The molecule has 0 saturated carbocycles. The first-order chi connectivity index (χ1) is 13.0. The number of anilines is 1. The number of amides is 1. The highest BCUT2D eigenvalue weighted by atomic mass is 35.5. The van der Waals surface area contributed by atoms with E-state index >= 15 is 0 Å². The van der Waals surface area contributed by atoms with Crippen LogP contribution >= 0.6 is 11.6 Å². The van der Waals surface area contributed by atoms with Crippen LogP contribution in [-0.4, -0.2) is 35.0 Å². The largest absolute Gasteiger partial charge is 0.376 e. The first-order valence-corrected chi connectivity index (χ1v) is 9.14. The normalized spacial score (nSPS) is 21.7. The summed E-state index contributed by atoms with van der Waals surface area (Å²) in [4.78, 5) is 25.6. The van der Waals surface area contributed by atoms with Crippen LogP contribution in [0.3, 0.4) is 0 Å². The number of nitro groups is 1. The molecule has 1 fully saturated rings. The fourth-order valence-corrected chi connectivity index (χ4v) is 3.81. The van der Waals surface area contributed by atoms with Crippen molar-refractivity contribution in [1.29, 1.82) is 0 Å². The number of non-ortho nitro benzene ring substituents is 1. The zero-order chi connectivity index (χ0) is 19.0. The van der Waals surface area contributed by atoms with Crippen LogP contribution in [0, 0.1) is 10.1 Å². The van der Waals surface area contributed by atoms with Crippen LogP contribution in [0.5, 0.6) is 0 Å². The highest BCUT2D eigenvalue weighted by molar-refractivity contribution is 6.31. The Morgan fingerprint density at radius 3 is 2.85 bits per heavy atom. The minimum atomic E-state index is -0.607. The van der Waals surface area contributed by atoms with Crippen LogP contribution in [0.2, 0.25) is 5.02 Å². The third kappa shape index (κ3) is 3.36. The number of fused-ring (bicyclic) bond motifs is 1. The number of ether oxygens (including phenoxy) is 1. The maximum absolute atomic E-state index is 13.2. The molecule has 1 N–H and O–H groups in total. The maximum Gasteiger partial charge on any atom is 0.269 e. The van der Waals surface area contributed by atoms with Gasteiger partial charge in [0.15, 0.2) is 0 Å². The Balaban J connectivity index is 1.77. The van der Waals surface area contributed by atoms with Gasteiger partial charge in [-0.05, 0) is 31.0 Å². The van der Waals surface area contributed by atoms with E-state index in [9.17, 15) is 14.9 Å². The second-order valence-corrected chi connectivity index (χ2v) is 7.06. The summed E-state index contributed by atoms with van der Waals surface area (Å²) < 4.78 is 5.71. The van der Waals surface area contributed by atoms with Gasteiger partial charge in [0.05, 0.1) is 16.6 Å². The predicted molar refractivity (Wildman–Crippen MR) is 101 cm³/mol. The molecule has 1 amide bonds. The Morgan fingerprint density at radius 1 is 1.30 bits per heavy atom. The molecule has 0 aromatic heterocycles. The second-order valence-electron chi connectivity index (χ2n) is 6.65. The van der Waals surface area contributed by atoms with E-state index in [1.807, 2.05) is 18.2 Å². The monoisotopic (exact) mass is 387 g/mol. The summed E-state index contributed by atoms with van der Waals surface area (Å²) in [5.41, 5.74) is 1.67. The molecule has 1 saturated heterocycles. The number of carbonyl (C=O) groups excluding carboxylic acids is 1. The first-order valence-electron chi connectivity index (χ1n) is 8.76. The molecule has 8 heteroatoms. The lowest BCUT2D eigenvalue weighted by molar-refractivity contribution is -0.384. The minimum Gasteiger partial charge on any atom is -0.376 e. The minimum absolute atomic E-state index is 0.0546. The van der Waals surface area contributed by atoms with E-state index in [1.54, 1.807) is 11.0 Å². The van der Waals surface area contributed by atoms with Gasteiger partial charge in [0.1, 0.15) is 6.17 Å². The maximum atomic E-state index is 13.2. The van der Waals surface area contributed by atoms with Gasteiger partial charge in [-0.1, -0.05) is 23.7 Å². The molecular weight excluding hydrogens is 370 g/mol. The van der Waals surface area contributed by atoms with Gasteiger partial charge >= 0.3 is 0 Å². The summed E-state index contributed by atoms with van der Waals surface area (Å²) in [5.74, 6) is -0.146. The number of benzene rings is 2. The molecule has 2 aromatic carbocycles. The number of nitro benzene ring substituents is 1. The smallest absolute Gasteiger partial charge is 0.269 e. The fourth-order valence-electron chi connectivity index (χ4n) is 3.59. The Kier molecular flexibility index (Phi) is 4.72. The Labute approximate surface area is 161 Å². The molecule has 7 nitrogen and oxygen atoms in total. The van der Waals surface area contributed by atoms with Crippen molar-refractivity contribution in [2.24, 2.45) is 0 Å². The number of carbonyl (C=O) groups is 1. The summed E-state index contributed by atoms with van der Waals surface area (Å²) in [6, 6.07) is 11.5. The second kappa shape index (κ2) is 7.17. The van der Waals surface area contributed by atoms with Crippen LogP contribution in [-0.2, 0) is 4.74 Å². The van der Waals surface area contributed by atoms with Crippen molar-refractivity contribution in [2.45, 2.75) is 25.1 Å². The number of halogens is 1. The van der Waals surface area contributed by atoms with Gasteiger partial charge in [-0.3, -0.25) is 14.9 Å². The van der Waals surface area contributed by atoms with Crippen molar-refractivity contribution in [3.8, 4) is 0 Å². The van der Waals surface area contributed by atoms with Gasteiger partial charge in [-0.2, -0.15) is 0 Å². The van der Waals surface area contributed by atoms with Crippen molar-refractivity contribution in [3.63, 3.8) is 0 Å². The van der Waals surface area contributed by atoms with Crippen LogP contribution in [0.4, 0.5) is 11.4 Å². The molecule has 27 heavy (non-hydrogen) atoms. The van der Waals surface area contributed by atoms with Gasteiger partial charge < -0.3 is 15.0 Å². The van der Waals surface area contributed by atoms with Crippen LogP contribution in [0.1, 0.15) is 34.9 Å². The lowest BCUT2D eigenvalue weighted by Crippen LogP contribution is -2.46. The average molecular weight is 388 g/mol. The van der Waals surface area contributed by atoms with Crippen LogP contribution in [0.15, 0.2) is 42.5 Å². The van der Waals surface area contributed by atoms with Crippen LogP contribution in [0.25, 0.3) is 0 Å². The summed E-state index contributed by atoms with van der Waals surface area (Å²) in [5, 5.41) is 14.9. The Bertz CT molecular complexity index is 898. The van der Waals surface area contributed by atoms with Crippen molar-refractivity contribution < 1.29 is 14.5 Å². The van der Waals surface area contributed by atoms with E-state index < -0.39 is 11.1 Å². The first kappa shape index (κ1) is 17.8. The summed E-state index contributed by atoms with van der Waals surface area (Å²) in [6.07, 6.45) is 1.17. The Hall–Kier alpha value is -2.64. The van der Waals surface area contributed by atoms with Crippen molar-refractivity contribution >= 4 is 28.9 Å². The van der Waals surface area contributed by atoms with Crippen molar-refractivity contribution in [3.05, 3.63) is 68.7 Å². The number of para-hydroxylation sites is 1. The molecule has 0 unspecified atom stereocenters. The quantitative estimate of drug-likeness (QED) is 0.633. The zero-order valence-corrected chi connectivity index (χ0v) is 15.2. The standard InChI is InChI=1S/C19H18ClN3O4/c20-16-8-7-12(23(25)26)10-15(16)18-21-17-6-2-1-5-14(17)19(24)22(18)11-13-4-3-9-27-13/h1-2,5-8,10,13,18,21H,3-4,9,11H2/t13-,18+/m0/s1. The lowest BCUT2D eigenvalue weighted by Gasteiger charge is -2.39. The molecule has 0 radical (unpaired) electrons. The zero-order valence-electron chi connectivity index (χ0n) is 14.4. The van der Waals surface area contributed by atoms with E-state index in [1.165, 1.54) is 18.2 Å². The molecule has 0 spiro atoms.